The number of aromatic nitrogens is 2. The lowest BCUT2D eigenvalue weighted by Crippen LogP contribution is -2.26. The molecule has 4 heterocycles. The van der Waals surface area contributed by atoms with E-state index >= 15 is 0 Å². The molecule has 1 atom stereocenters. The maximum atomic E-state index is 13.9. The van der Waals surface area contributed by atoms with Crippen molar-refractivity contribution in [3.8, 4) is 11.1 Å². The van der Waals surface area contributed by atoms with Crippen LogP contribution in [0.4, 0.5) is 9.18 Å². The van der Waals surface area contributed by atoms with Gasteiger partial charge in [-0.3, -0.25) is 9.36 Å². The molecule has 7 nitrogen and oxygen atoms in total. The Labute approximate surface area is 223 Å². The number of rotatable bonds is 4. The lowest BCUT2D eigenvalue weighted by Gasteiger charge is -2.13. The van der Waals surface area contributed by atoms with Crippen molar-refractivity contribution in [1.29, 1.82) is 5.53 Å². The van der Waals surface area contributed by atoms with Crippen molar-refractivity contribution in [3.63, 3.8) is 0 Å². The van der Waals surface area contributed by atoms with E-state index in [0.717, 1.165) is 22.4 Å². The van der Waals surface area contributed by atoms with Gasteiger partial charge in [0.2, 0.25) is 6.20 Å². The summed E-state index contributed by atoms with van der Waals surface area (Å²) in [5.41, 5.74) is 13.2. The number of benzene rings is 2. The third-order valence-corrected chi connectivity index (χ3v) is 8.17. The summed E-state index contributed by atoms with van der Waals surface area (Å²) >= 11 is 1.72. The number of carbonyl (C=O) groups is 2. The summed E-state index contributed by atoms with van der Waals surface area (Å²) in [5.74, 6) is 0.216. The fourth-order valence-corrected chi connectivity index (χ4v) is 6.34. The Kier molecular flexibility index (Phi) is 5.87. The van der Waals surface area contributed by atoms with Gasteiger partial charge in [-0.1, -0.05) is 34.5 Å². The molecule has 2 aliphatic heterocycles. The highest BCUT2D eigenvalue weighted by Gasteiger charge is 2.32. The van der Waals surface area contributed by atoms with Crippen LogP contribution >= 0.6 is 11.8 Å². The first-order valence-corrected chi connectivity index (χ1v) is 13.2. The molecule has 6 rings (SSSR count). The standard InChI is InChI=1S/C29H25FN5O2S/c1-32(2)29(37)35-16-24(22-10-7-19(14-25(22)35)18-5-8-21(30)9-6-18)27(36)23-11-13-34-26(23)17-38-28(34)20-4-3-12-33(31)15-20/h3-11,13-16,28,31H,12,17H2,1-2H3/q+1/t28-/m1/s1. The van der Waals surface area contributed by atoms with E-state index < -0.39 is 0 Å². The summed E-state index contributed by atoms with van der Waals surface area (Å²) in [6.07, 6.45) is 9.39. The van der Waals surface area contributed by atoms with E-state index in [-0.39, 0.29) is 23.0 Å². The third-order valence-electron chi connectivity index (χ3n) is 6.92. The summed E-state index contributed by atoms with van der Waals surface area (Å²) in [4.78, 5) is 28.5. The molecule has 1 N–H and O–H groups in total. The number of thioether (sulfide) groups is 1. The van der Waals surface area contributed by atoms with Crippen molar-refractivity contribution in [2.24, 2.45) is 0 Å². The number of nitrogens with zero attached hydrogens (tertiary/aromatic N) is 4. The van der Waals surface area contributed by atoms with Gasteiger partial charge in [-0.05, 0) is 47.5 Å². The van der Waals surface area contributed by atoms with Crippen LogP contribution in [0.25, 0.3) is 22.0 Å². The first-order chi connectivity index (χ1) is 18.3. The van der Waals surface area contributed by atoms with E-state index in [0.29, 0.717) is 34.3 Å². The number of nitrogens with one attached hydrogen (secondary N) is 1. The minimum atomic E-state index is -0.317. The maximum Gasteiger partial charge on any atom is 0.328 e. The average Bonchev–Trinajstić information content (AvgIpc) is 3.61. The van der Waals surface area contributed by atoms with Crippen LogP contribution in [0, 0.1) is 11.3 Å². The van der Waals surface area contributed by atoms with Crippen molar-refractivity contribution in [2.75, 3.05) is 20.6 Å². The number of carbonyl (C=O) groups excluding carboxylic acids is 2. The number of halogens is 1. The molecule has 38 heavy (non-hydrogen) atoms. The molecule has 0 spiro atoms. The second-order valence-electron chi connectivity index (χ2n) is 9.59. The Bertz CT molecular complexity index is 1690. The maximum absolute atomic E-state index is 13.9. The quantitative estimate of drug-likeness (QED) is 0.252. The highest BCUT2D eigenvalue weighted by atomic mass is 32.2. The van der Waals surface area contributed by atoms with Gasteiger partial charge in [-0.25, -0.2) is 9.18 Å². The SMILES string of the molecule is CN(C)C(=O)n1cc(C(=O)c2ccn3c2CS[C@@H]3C2=C[N+](=N)CC=C2)c2ccc(-c3ccc(F)cc3)cc21. The van der Waals surface area contributed by atoms with Crippen LogP contribution in [0.2, 0.25) is 0 Å². The van der Waals surface area contributed by atoms with E-state index in [9.17, 15) is 14.0 Å². The van der Waals surface area contributed by atoms with Gasteiger partial charge in [0.1, 0.15) is 11.2 Å². The second-order valence-corrected chi connectivity index (χ2v) is 10.7. The normalized spacial score (nSPS) is 16.6. The monoisotopic (exact) mass is 526 g/mol. The minimum Gasteiger partial charge on any atom is -0.333 e. The first kappa shape index (κ1) is 24.1. The van der Waals surface area contributed by atoms with Crippen LogP contribution in [0.15, 0.2) is 84.8 Å². The molecule has 2 aromatic heterocycles. The Morgan fingerprint density at radius 1 is 1.08 bits per heavy atom. The Hall–Kier alpha value is -4.24. The van der Waals surface area contributed by atoms with Gasteiger partial charge in [0.15, 0.2) is 12.3 Å². The number of allylic oxidation sites excluding steroid dienone is 1. The molecule has 1 amide bonds. The summed E-state index contributed by atoms with van der Waals surface area (Å²) in [6, 6.07) is 13.4. The predicted octanol–water partition coefficient (Wildman–Crippen LogP) is 6.25. The van der Waals surface area contributed by atoms with E-state index in [1.807, 2.05) is 48.8 Å². The molecule has 190 valence electrons. The molecule has 4 aromatic rings. The number of hydrogen-bond donors (Lipinski definition) is 1. The summed E-state index contributed by atoms with van der Waals surface area (Å²) < 4.78 is 18.5. The van der Waals surface area contributed by atoms with Crippen LogP contribution in [-0.4, -0.2) is 51.2 Å². The number of amides is 1. The molecule has 0 bridgehead atoms. The predicted molar refractivity (Wildman–Crippen MR) is 145 cm³/mol. The number of ketones is 1. The lowest BCUT2D eigenvalue weighted by atomic mass is 10.00. The van der Waals surface area contributed by atoms with Crippen molar-refractivity contribution in [1.82, 2.24) is 14.0 Å². The zero-order chi connectivity index (χ0) is 26.6. The number of fused-ring (bicyclic) bond motifs is 2. The van der Waals surface area contributed by atoms with Crippen LogP contribution in [-0.2, 0) is 5.75 Å². The van der Waals surface area contributed by atoms with Gasteiger partial charge in [0.25, 0.3) is 0 Å². The molecule has 2 aromatic carbocycles. The molecule has 2 aliphatic rings. The molecule has 0 radical (unpaired) electrons. The van der Waals surface area contributed by atoms with Crippen molar-refractivity contribution < 1.29 is 18.7 Å². The van der Waals surface area contributed by atoms with Gasteiger partial charge in [-0.15, -0.1) is 11.8 Å². The zero-order valence-electron chi connectivity index (χ0n) is 20.9. The van der Waals surface area contributed by atoms with Gasteiger partial charge in [0.05, 0.1) is 11.1 Å². The molecule has 0 unspecified atom stereocenters. The zero-order valence-corrected chi connectivity index (χ0v) is 21.7. The van der Waals surface area contributed by atoms with Crippen molar-refractivity contribution >= 4 is 34.5 Å². The van der Waals surface area contributed by atoms with Crippen molar-refractivity contribution in [3.05, 3.63) is 107 Å². The van der Waals surface area contributed by atoms with E-state index in [2.05, 4.69) is 4.57 Å². The van der Waals surface area contributed by atoms with Gasteiger partial charge < -0.3 is 9.47 Å². The number of hydrogen-bond acceptors (Lipinski definition) is 4. The average molecular weight is 527 g/mol. The van der Waals surface area contributed by atoms with E-state index in [1.54, 1.807) is 44.2 Å². The highest BCUT2D eigenvalue weighted by Crippen LogP contribution is 2.44. The summed E-state index contributed by atoms with van der Waals surface area (Å²) in [7, 11) is 3.34. The Balaban J connectivity index is 1.43. The van der Waals surface area contributed by atoms with Crippen LogP contribution < -0.4 is 0 Å². The molecular formula is C29H25FN5O2S+. The summed E-state index contributed by atoms with van der Waals surface area (Å²) in [6.45, 7) is 0.557. The largest absolute Gasteiger partial charge is 0.333 e. The molecule has 0 saturated carbocycles. The molecular weight excluding hydrogens is 501 g/mol. The van der Waals surface area contributed by atoms with Crippen LogP contribution in [0.3, 0.4) is 0 Å². The Morgan fingerprint density at radius 3 is 2.58 bits per heavy atom. The fraction of sp³-hybridized carbons (Fsp3) is 0.172. The summed E-state index contributed by atoms with van der Waals surface area (Å²) in [5, 5.41) is 0.687. The first-order valence-electron chi connectivity index (χ1n) is 12.2. The Morgan fingerprint density at radius 2 is 1.84 bits per heavy atom. The molecule has 0 fully saturated rings. The lowest BCUT2D eigenvalue weighted by molar-refractivity contribution is -0.543. The van der Waals surface area contributed by atoms with Crippen LogP contribution in [0.5, 0.6) is 0 Å². The van der Waals surface area contributed by atoms with Gasteiger partial charge in [0, 0.05) is 54.4 Å². The topological polar surface area (TPSA) is 74.1 Å². The minimum absolute atomic E-state index is 0.00544. The van der Waals surface area contributed by atoms with Gasteiger partial charge in [-0.2, -0.15) is 0 Å². The third kappa shape index (κ3) is 3.99. The van der Waals surface area contributed by atoms with Crippen LogP contribution in [0.1, 0.15) is 27.0 Å². The smallest absolute Gasteiger partial charge is 0.328 e. The second kappa shape index (κ2) is 9.25. The van der Waals surface area contributed by atoms with E-state index in [1.165, 1.54) is 26.3 Å². The molecule has 0 saturated heterocycles. The highest BCUT2D eigenvalue weighted by molar-refractivity contribution is 7.99. The molecule has 9 heteroatoms. The van der Waals surface area contributed by atoms with Crippen molar-refractivity contribution in [2.45, 2.75) is 11.1 Å². The van der Waals surface area contributed by atoms with Gasteiger partial charge >= 0.3 is 6.03 Å². The molecule has 0 aliphatic carbocycles. The van der Waals surface area contributed by atoms with E-state index in [4.69, 9.17) is 5.53 Å². The fourth-order valence-electron chi connectivity index (χ4n) is 5.03.